The van der Waals surface area contributed by atoms with Gasteiger partial charge in [0, 0.05) is 37.3 Å². The van der Waals surface area contributed by atoms with E-state index in [2.05, 4.69) is 22.5 Å². The highest BCUT2D eigenvalue weighted by Gasteiger charge is 2.20. The van der Waals surface area contributed by atoms with E-state index in [9.17, 15) is 14.7 Å². The number of phenolic OH excluding ortho intramolecular Hbond substituents is 1. The average molecular weight is 465 g/mol. The Balaban J connectivity index is 1.49. The molecule has 1 aliphatic rings. The predicted octanol–water partition coefficient (Wildman–Crippen LogP) is 3.28. The summed E-state index contributed by atoms with van der Waals surface area (Å²) in [6, 6.07) is 15.9. The van der Waals surface area contributed by atoms with Crippen LogP contribution in [-0.2, 0) is 11.2 Å². The van der Waals surface area contributed by atoms with Crippen LogP contribution in [0, 0.1) is 0 Å². The summed E-state index contributed by atoms with van der Waals surface area (Å²) in [5.41, 5.74) is 4.56. The number of aromatic hydroxyl groups is 1. The summed E-state index contributed by atoms with van der Waals surface area (Å²) in [7, 11) is 2.07. The molecule has 0 radical (unpaired) electrons. The van der Waals surface area contributed by atoms with Gasteiger partial charge in [-0.25, -0.2) is 5.43 Å². The van der Waals surface area contributed by atoms with Gasteiger partial charge < -0.3 is 14.9 Å². The molecular weight excluding hydrogens is 440 g/mol. The maximum absolute atomic E-state index is 12.8. The van der Waals surface area contributed by atoms with Gasteiger partial charge in [0.1, 0.15) is 5.75 Å². The summed E-state index contributed by atoms with van der Waals surface area (Å²) >= 11 is 5.86. The van der Waals surface area contributed by atoms with Crippen LogP contribution in [0.4, 0.5) is 0 Å². The number of fused-ring (bicyclic) bond motifs is 1. The van der Waals surface area contributed by atoms with Crippen molar-refractivity contribution in [2.75, 3.05) is 33.2 Å². The monoisotopic (exact) mass is 464 g/mol. The van der Waals surface area contributed by atoms with Gasteiger partial charge in [0.15, 0.2) is 0 Å². The first-order valence-corrected chi connectivity index (χ1v) is 11.1. The minimum Gasteiger partial charge on any atom is -0.506 e. The van der Waals surface area contributed by atoms with Crippen molar-refractivity contribution in [3.63, 3.8) is 0 Å². The topological polar surface area (TPSA) is 85.2 Å². The smallest absolute Gasteiger partial charge is 0.271 e. The van der Waals surface area contributed by atoms with E-state index in [1.807, 2.05) is 41.3 Å². The van der Waals surface area contributed by atoms with E-state index in [1.54, 1.807) is 6.21 Å². The van der Waals surface area contributed by atoms with Gasteiger partial charge in [0.2, 0.25) is 5.91 Å². The number of halogens is 1. The molecule has 0 spiro atoms. The van der Waals surface area contributed by atoms with E-state index in [0.717, 1.165) is 48.1 Å². The molecule has 0 bridgehead atoms. The van der Waals surface area contributed by atoms with Gasteiger partial charge in [-0.1, -0.05) is 48.0 Å². The van der Waals surface area contributed by atoms with Gasteiger partial charge in [-0.05, 0) is 41.6 Å². The van der Waals surface area contributed by atoms with E-state index >= 15 is 0 Å². The van der Waals surface area contributed by atoms with Gasteiger partial charge in [-0.3, -0.25) is 9.59 Å². The third-order valence-corrected chi connectivity index (χ3v) is 6.13. The van der Waals surface area contributed by atoms with Crippen molar-refractivity contribution in [2.24, 2.45) is 5.10 Å². The molecule has 2 amide bonds. The van der Waals surface area contributed by atoms with Crippen molar-refractivity contribution in [1.29, 1.82) is 0 Å². The number of amides is 2. The molecule has 8 heteroatoms. The number of hydrogen-bond donors (Lipinski definition) is 2. The third kappa shape index (κ3) is 5.32. The quantitative estimate of drug-likeness (QED) is 0.448. The first kappa shape index (κ1) is 22.8. The minimum atomic E-state index is -0.438. The molecule has 0 aliphatic carbocycles. The van der Waals surface area contributed by atoms with Crippen LogP contribution in [0.1, 0.15) is 21.5 Å². The van der Waals surface area contributed by atoms with E-state index in [-0.39, 0.29) is 22.2 Å². The number of piperazine rings is 1. The lowest BCUT2D eigenvalue weighted by molar-refractivity contribution is -0.132. The van der Waals surface area contributed by atoms with Gasteiger partial charge in [0.25, 0.3) is 5.91 Å². The molecule has 3 aromatic rings. The Bertz CT molecular complexity index is 1220. The zero-order valence-electron chi connectivity index (χ0n) is 18.3. The molecule has 0 aromatic heterocycles. The molecule has 1 heterocycles. The van der Waals surface area contributed by atoms with E-state index in [0.29, 0.717) is 6.42 Å². The fourth-order valence-corrected chi connectivity index (χ4v) is 4.04. The Morgan fingerprint density at radius 3 is 2.52 bits per heavy atom. The van der Waals surface area contributed by atoms with E-state index in [4.69, 9.17) is 11.6 Å². The zero-order chi connectivity index (χ0) is 23.4. The fourth-order valence-electron chi connectivity index (χ4n) is 3.86. The lowest BCUT2D eigenvalue weighted by Crippen LogP contribution is -2.47. The van der Waals surface area contributed by atoms with Crippen LogP contribution in [0.15, 0.2) is 59.7 Å². The standard InChI is InChI=1S/C25H25ClN4O3/c1-29-10-12-30(13-11-29)24(32)15-17-6-7-19(21-5-3-2-4-20(17)21)16-27-28-25(33)18-8-9-23(31)22(26)14-18/h2-9,14,16,31H,10-13,15H2,1H3,(H,28,33)/b27-16+. The molecule has 33 heavy (non-hydrogen) atoms. The first-order valence-electron chi connectivity index (χ1n) is 10.7. The molecular formula is C25H25ClN4O3. The van der Waals surface area contributed by atoms with Gasteiger partial charge in [-0.2, -0.15) is 5.10 Å². The molecule has 1 saturated heterocycles. The Morgan fingerprint density at radius 1 is 1.06 bits per heavy atom. The molecule has 7 nitrogen and oxygen atoms in total. The summed E-state index contributed by atoms with van der Waals surface area (Å²) in [6.07, 6.45) is 1.92. The number of carbonyl (C=O) groups excluding carboxylic acids is 2. The van der Waals surface area contributed by atoms with Crippen LogP contribution < -0.4 is 5.43 Å². The first-order chi connectivity index (χ1) is 15.9. The van der Waals surface area contributed by atoms with Crippen LogP contribution in [0.25, 0.3) is 10.8 Å². The van der Waals surface area contributed by atoms with Crippen molar-refractivity contribution >= 4 is 40.4 Å². The number of likely N-dealkylation sites (N-methyl/N-ethyl adjacent to an activating group) is 1. The van der Waals surface area contributed by atoms with Crippen LogP contribution in [-0.4, -0.2) is 66.2 Å². The van der Waals surface area contributed by atoms with Crippen molar-refractivity contribution in [3.8, 4) is 5.75 Å². The van der Waals surface area contributed by atoms with Crippen molar-refractivity contribution in [1.82, 2.24) is 15.2 Å². The van der Waals surface area contributed by atoms with Crippen LogP contribution >= 0.6 is 11.6 Å². The number of rotatable bonds is 5. The average Bonchev–Trinajstić information content (AvgIpc) is 2.82. The van der Waals surface area contributed by atoms with Crippen LogP contribution in [0.3, 0.4) is 0 Å². The molecule has 1 aliphatic heterocycles. The highest BCUT2D eigenvalue weighted by Crippen LogP contribution is 2.24. The maximum atomic E-state index is 12.8. The van der Waals surface area contributed by atoms with Crippen molar-refractivity contribution in [2.45, 2.75) is 6.42 Å². The number of hydrogen-bond acceptors (Lipinski definition) is 5. The number of carbonyl (C=O) groups is 2. The summed E-state index contributed by atoms with van der Waals surface area (Å²) in [6.45, 7) is 3.29. The summed E-state index contributed by atoms with van der Waals surface area (Å²) in [5, 5.41) is 15.6. The highest BCUT2D eigenvalue weighted by molar-refractivity contribution is 6.32. The van der Waals surface area contributed by atoms with Crippen molar-refractivity contribution in [3.05, 3.63) is 76.3 Å². The SMILES string of the molecule is CN1CCN(C(=O)Cc2ccc(/C=N/NC(=O)c3ccc(O)c(Cl)c3)c3ccccc23)CC1. The molecule has 2 N–H and O–H groups in total. The highest BCUT2D eigenvalue weighted by atomic mass is 35.5. The van der Waals surface area contributed by atoms with Gasteiger partial charge in [0.05, 0.1) is 17.7 Å². The number of benzene rings is 3. The number of phenols is 1. The molecule has 0 unspecified atom stereocenters. The number of nitrogens with one attached hydrogen (secondary N) is 1. The Hall–Kier alpha value is -3.42. The molecule has 3 aromatic carbocycles. The minimum absolute atomic E-state index is 0.0885. The van der Waals surface area contributed by atoms with E-state index < -0.39 is 5.91 Å². The van der Waals surface area contributed by atoms with Crippen molar-refractivity contribution < 1.29 is 14.7 Å². The van der Waals surface area contributed by atoms with Crippen LogP contribution in [0.2, 0.25) is 5.02 Å². The predicted molar refractivity (Wildman–Crippen MR) is 130 cm³/mol. The Morgan fingerprint density at radius 2 is 1.79 bits per heavy atom. The van der Waals surface area contributed by atoms with Gasteiger partial charge >= 0.3 is 0 Å². The fraction of sp³-hybridized carbons (Fsp3) is 0.240. The summed E-state index contributed by atoms with van der Waals surface area (Å²) in [5.74, 6) is -0.393. The second-order valence-electron chi connectivity index (χ2n) is 8.09. The largest absolute Gasteiger partial charge is 0.506 e. The summed E-state index contributed by atoms with van der Waals surface area (Å²) in [4.78, 5) is 29.3. The normalized spacial score (nSPS) is 14.7. The lowest BCUT2D eigenvalue weighted by atomic mass is 9.97. The second kappa shape index (κ2) is 10.0. The molecule has 170 valence electrons. The van der Waals surface area contributed by atoms with Gasteiger partial charge in [-0.15, -0.1) is 0 Å². The van der Waals surface area contributed by atoms with E-state index in [1.165, 1.54) is 18.2 Å². The summed E-state index contributed by atoms with van der Waals surface area (Å²) < 4.78 is 0. The third-order valence-electron chi connectivity index (χ3n) is 5.83. The molecule has 1 fully saturated rings. The second-order valence-corrected chi connectivity index (χ2v) is 8.49. The lowest BCUT2D eigenvalue weighted by Gasteiger charge is -2.32. The maximum Gasteiger partial charge on any atom is 0.271 e. The van der Waals surface area contributed by atoms with Crippen LogP contribution in [0.5, 0.6) is 5.75 Å². The molecule has 0 saturated carbocycles. The number of nitrogens with zero attached hydrogens (tertiary/aromatic N) is 3. The molecule has 4 rings (SSSR count). The Labute approximate surface area is 197 Å². The Kier molecular flexibility index (Phi) is 6.91. The zero-order valence-corrected chi connectivity index (χ0v) is 19.0. The molecule has 0 atom stereocenters. The number of hydrazone groups is 1.